The first kappa shape index (κ1) is 15.4. The van der Waals surface area contributed by atoms with Gasteiger partial charge in [-0.3, -0.25) is 4.79 Å². The number of carbonyl (C=O) groups excluding carboxylic acids is 1. The highest BCUT2D eigenvalue weighted by Crippen LogP contribution is 2.19. The third-order valence-electron chi connectivity index (χ3n) is 2.62. The van der Waals surface area contributed by atoms with E-state index in [1.807, 2.05) is 0 Å². The molecule has 21 heavy (non-hydrogen) atoms. The van der Waals surface area contributed by atoms with Crippen LogP contribution in [0.1, 0.15) is 16.1 Å². The largest absolute Gasteiger partial charge is 0.435 e. The Morgan fingerprint density at radius 2 is 2.10 bits per heavy atom. The number of anilines is 1. The molecule has 1 aromatic heterocycles. The first-order valence-electron chi connectivity index (χ1n) is 5.95. The third kappa shape index (κ3) is 4.22. The number of hydrogen-bond acceptors (Lipinski definition) is 3. The summed E-state index contributed by atoms with van der Waals surface area (Å²) in [5.74, 6) is -0.495. The second-order valence-corrected chi connectivity index (χ2v) is 4.94. The molecule has 0 radical (unpaired) electrons. The molecule has 0 aliphatic rings. The van der Waals surface area contributed by atoms with Crippen molar-refractivity contribution < 1.29 is 18.3 Å². The maximum absolute atomic E-state index is 12.2. The minimum Gasteiger partial charge on any atom is -0.435 e. The van der Waals surface area contributed by atoms with E-state index in [4.69, 9.17) is 0 Å². The van der Waals surface area contributed by atoms with Crippen molar-refractivity contribution >= 4 is 27.5 Å². The number of ether oxygens (including phenoxy) is 1. The Morgan fingerprint density at radius 1 is 1.33 bits per heavy atom. The highest BCUT2D eigenvalue weighted by molar-refractivity contribution is 9.10. The number of alkyl halides is 2. The lowest BCUT2D eigenvalue weighted by Crippen LogP contribution is -2.13. The standard InChI is InChI=1S/C14H11BrF2N2O2/c1-8-11(5-6-12(15)18-8)19-13(20)9-3-2-4-10(7-9)21-14(16)17/h2-7,14H,1H3,(H,19,20). The van der Waals surface area contributed by atoms with Gasteiger partial charge in [0.1, 0.15) is 10.4 Å². The normalized spacial score (nSPS) is 10.5. The summed E-state index contributed by atoms with van der Waals surface area (Å²) in [5.41, 5.74) is 1.40. The Bertz CT molecular complexity index is 665. The lowest BCUT2D eigenvalue weighted by atomic mass is 10.2. The number of nitrogens with zero attached hydrogens (tertiary/aromatic N) is 1. The molecule has 7 heteroatoms. The van der Waals surface area contributed by atoms with E-state index < -0.39 is 12.5 Å². The van der Waals surface area contributed by atoms with Gasteiger partial charge in [-0.05, 0) is 53.2 Å². The average Bonchev–Trinajstić information content (AvgIpc) is 2.41. The van der Waals surface area contributed by atoms with Gasteiger partial charge >= 0.3 is 6.61 Å². The number of carbonyl (C=O) groups is 1. The van der Waals surface area contributed by atoms with Gasteiger partial charge in [-0.25, -0.2) is 4.98 Å². The fraction of sp³-hybridized carbons (Fsp3) is 0.143. The van der Waals surface area contributed by atoms with Crippen LogP contribution in [0, 0.1) is 6.92 Å². The molecule has 1 heterocycles. The first-order chi connectivity index (χ1) is 9.95. The summed E-state index contributed by atoms with van der Waals surface area (Å²) in [6.45, 7) is -1.18. The molecule has 0 atom stereocenters. The second-order valence-electron chi connectivity index (χ2n) is 4.13. The van der Waals surface area contributed by atoms with Crippen molar-refractivity contribution in [1.29, 1.82) is 0 Å². The summed E-state index contributed by atoms with van der Waals surface area (Å²) in [6, 6.07) is 8.98. The molecule has 0 unspecified atom stereocenters. The molecular formula is C14H11BrF2N2O2. The van der Waals surface area contributed by atoms with Crippen LogP contribution in [0.4, 0.5) is 14.5 Å². The fourth-order valence-electron chi connectivity index (χ4n) is 1.67. The van der Waals surface area contributed by atoms with E-state index in [-0.39, 0.29) is 11.3 Å². The molecule has 1 N–H and O–H groups in total. The van der Waals surface area contributed by atoms with E-state index in [1.165, 1.54) is 24.3 Å². The van der Waals surface area contributed by atoms with E-state index in [0.717, 1.165) is 0 Å². The quantitative estimate of drug-likeness (QED) is 0.842. The van der Waals surface area contributed by atoms with E-state index >= 15 is 0 Å². The van der Waals surface area contributed by atoms with Crippen LogP contribution in [-0.4, -0.2) is 17.5 Å². The minimum atomic E-state index is -2.93. The maximum Gasteiger partial charge on any atom is 0.387 e. The lowest BCUT2D eigenvalue weighted by Gasteiger charge is -2.09. The Labute approximate surface area is 128 Å². The van der Waals surface area contributed by atoms with Crippen LogP contribution in [0.3, 0.4) is 0 Å². The smallest absolute Gasteiger partial charge is 0.387 e. The van der Waals surface area contributed by atoms with Crippen LogP contribution in [-0.2, 0) is 0 Å². The zero-order chi connectivity index (χ0) is 15.4. The fourth-order valence-corrected chi connectivity index (χ4v) is 2.07. The number of amides is 1. The molecule has 1 amide bonds. The molecule has 1 aromatic carbocycles. The van der Waals surface area contributed by atoms with Crippen molar-refractivity contribution in [1.82, 2.24) is 4.98 Å². The van der Waals surface area contributed by atoms with Gasteiger partial charge in [0, 0.05) is 5.56 Å². The van der Waals surface area contributed by atoms with Gasteiger partial charge < -0.3 is 10.1 Å². The van der Waals surface area contributed by atoms with E-state index in [0.29, 0.717) is 16.0 Å². The summed E-state index contributed by atoms with van der Waals surface area (Å²) >= 11 is 3.23. The van der Waals surface area contributed by atoms with Gasteiger partial charge in [0.05, 0.1) is 11.4 Å². The van der Waals surface area contributed by atoms with E-state index in [2.05, 4.69) is 31.0 Å². The van der Waals surface area contributed by atoms with Crippen LogP contribution in [0.25, 0.3) is 0 Å². The van der Waals surface area contributed by atoms with Gasteiger partial charge in [0.15, 0.2) is 0 Å². The van der Waals surface area contributed by atoms with Crippen molar-refractivity contribution in [2.45, 2.75) is 13.5 Å². The first-order valence-corrected chi connectivity index (χ1v) is 6.74. The third-order valence-corrected chi connectivity index (χ3v) is 3.06. The molecule has 0 aliphatic carbocycles. The molecule has 4 nitrogen and oxygen atoms in total. The van der Waals surface area contributed by atoms with Crippen LogP contribution < -0.4 is 10.1 Å². The average molecular weight is 357 g/mol. The maximum atomic E-state index is 12.2. The van der Waals surface area contributed by atoms with Gasteiger partial charge in [-0.15, -0.1) is 0 Å². The monoisotopic (exact) mass is 356 g/mol. The number of aryl methyl sites for hydroxylation is 1. The lowest BCUT2D eigenvalue weighted by molar-refractivity contribution is -0.0498. The van der Waals surface area contributed by atoms with Crippen LogP contribution in [0.15, 0.2) is 41.0 Å². The molecule has 0 fully saturated rings. The number of benzene rings is 1. The minimum absolute atomic E-state index is 0.0664. The molecule has 2 rings (SSSR count). The van der Waals surface area contributed by atoms with Gasteiger partial charge in [-0.2, -0.15) is 8.78 Å². The zero-order valence-electron chi connectivity index (χ0n) is 10.9. The summed E-state index contributed by atoms with van der Waals surface area (Å²) in [4.78, 5) is 16.3. The van der Waals surface area contributed by atoms with Crippen LogP contribution in [0.5, 0.6) is 5.75 Å². The summed E-state index contributed by atoms with van der Waals surface area (Å²) in [6.07, 6.45) is 0. The highest BCUT2D eigenvalue weighted by atomic mass is 79.9. The predicted octanol–water partition coefficient (Wildman–Crippen LogP) is 4.01. The number of hydrogen-bond donors (Lipinski definition) is 1. The molecule has 110 valence electrons. The second kappa shape index (κ2) is 6.62. The van der Waals surface area contributed by atoms with Crippen molar-refractivity contribution in [2.24, 2.45) is 0 Å². The Morgan fingerprint density at radius 3 is 2.76 bits per heavy atom. The van der Waals surface area contributed by atoms with Gasteiger partial charge in [0.25, 0.3) is 5.91 Å². The number of halogens is 3. The van der Waals surface area contributed by atoms with Gasteiger partial charge in [-0.1, -0.05) is 6.07 Å². The van der Waals surface area contributed by atoms with Crippen molar-refractivity contribution in [2.75, 3.05) is 5.32 Å². The van der Waals surface area contributed by atoms with Gasteiger partial charge in [0.2, 0.25) is 0 Å². The molecule has 2 aromatic rings. The van der Waals surface area contributed by atoms with Crippen molar-refractivity contribution in [3.8, 4) is 5.75 Å². The number of rotatable bonds is 4. The van der Waals surface area contributed by atoms with Crippen LogP contribution in [0.2, 0.25) is 0 Å². The van der Waals surface area contributed by atoms with Crippen molar-refractivity contribution in [3.05, 3.63) is 52.3 Å². The molecular weight excluding hydrogens is 346 g/mol. The Hall–Kier alpha value is -2.02. The SMILES string of the molecule is Cc1nc(Br)ccc1NC(=O)c1cccc(OC(F)F)c1. The molecule has 0 saturated carbocycles. The summed E-state index contributed by atoms with van der Waals surface area (Å²) in [7, 11) is 0. The molecule has 0 aliphatic heterocycles. The number of nitrogens with one attached hydrogen (secondary N) is 1. The Balaban J connectivity index is 2.16. The topological polar surface area (TPSA) is 51.2 Å². The van der Waals surface area contributed by atoms with Crippen molar-refractivity contribution in [3.63, 3.8) is 0 Å². The Kier molecular flexibility index (Phi) is 4.85. The van der Waals surface area contributed by atoms with E-state index in [9.17, 15) is 13.6 Å². The number of aromatic nitrogens is 1. The zero-order valence-corrected chi connectivity index (χ0v) is 12.5. The predicted molar refractivity (Wildman–Crippen MR) is 77.7 cm³/mol. The highest BCUT2D eigenvalue weighted by Gasteiger charge is 2.11. The summed E-state index contributed by atoms with van der Waals surface area (Å²) in [5, 5.41) is 2.67. The van der Waals surface area contributed by atoms with Crippen LogP contribution >= 0.6 is 15.9 Å². The van der Waals surface area contributed by atoms with E-state index in [1.54, 1.807) is 19.1 Å². The number of pyridine rings is 1. The molecule has 0 saturated heterocycles. The summed E-state index contributed by atoms with van der Waals surface area (Å²) < 4.78 is 29.2. The molecule has 0 spiro atoms. The molecule has 0 bridgehead atoms.